The molecule has 4 N–H and O–H groups in total. The first-order valence-corrected chi connectivity index (χ1v) is 10.2. The summed E-state index contributed by atoms with van der Waals surface area (Å²) < 4.78 is 0. The van der Waals surface area contributed by atoms with Crippen molar-refractivity contribution < 1.29 is 19.8 Å². The molecular formula is C24H30N2O4. The van der Waals surface area contributed by atoms with Crippen LogP contribution < -0.4 is 10.6 Å². The molecule has 6 heteroatoms. The molecule has 2 aromatic rings. The number of aliphatic hydroxyl groups excluding tert-OH is 2. The van der Waals surface area contributed by atoms with Crippen LogP contribution in [0.2, 0.25) is 0 Å². The Balaban J connectivity index is 2.09. The molecule has 0 spiro atoms. The van der Waals surface area contributed by atoms with Gasteiger partial charge < -0.3 is 20.8 Å². The number of ketones is 2. The summed E-state index contributed by atoms with van der Waals surface area (Å²) >= 11 is 0. The minimum atomic E-state index is -0.413. The number of hydrogen-bond acceptors (Lipinski definition) is 6. The van der Waals surface area contributed by atoms with E-state index in [1.807, 2.05) is 27.7 Å². The summed E-state index contributed by atoms with van der Waals surface area (Å²) in [4.78, 5) is 26.4. The lowest BCUT2D eigenvalue weighted by Gasteiger charge is -2.29. The number of rotatable bonds is 8. The molecule has 0 fully saturated rings. The van der Waals surface area contributed by atoms with E-state index in [1.54, 1.807) is 36.4 Å². The molecule has 0 atom stereocenters. The van der Waals surface area contributed by atoms with Crippen molar-refractivity contribution in [2.75, 3.05) is 36.9 Å². The van der Waals surface area contributed by atoms with Gasteiger partial charge in [-0.3, -0.25) is 9.59 Å². The molecule has 160 valence electrons. The summed E-state index contributed by atoms with van der Waals surface area (Å²) in [6.07, 6.45) is 0. The summed E-state index contributed by atoms with van der Waals surface area (Å²) in [5.74, 6) is -0.374. The molecule has 30 heavy (non-hydrogen) atoms. The Hall–Kier alpha value is -2.70. The van der Waals surface area contributed by atoms with Crippen LogP contribution in [-0.4, -0.2) is 48.1 Å². The Morgan fingerprint density at radius 2 is 1.27 bits per heavy atom. The first-order chi connectivity index (χ1) is 14.1. The lowest BCUT2D eigenvalue weighted by Crippen LogP contribution is -2.31. The first kappa shape index (κ1) is 22.0. The minimum Gasteiger partial charge on any atom is -0.396 e. The summed E-state index contributed by atoms with van der Waals surface area (Å²) in [7, 11) is 0. The predicted molar refractivity (Wildman–Crippen MR) is 118 cm³/mol. The van der Waals surface area contributed by atoms with Crippen LogP contribution in [0.3, 0.4) is 0 Å². The molecule has 3 rings (SSSR count). The number of carbonyl (C=O) groups excluding carboxylic acids is 2. The highest BCUT2D eigenvalue weighted by molar-refractivity contribution is 6.30. The van der Waals surface area contributed by atoms with Crippen LogP contribution in [0.25, 0.3) is 0 Å². The second-order valence-electron chi connectivity index (χ2n) is 9.47. The maximum Gasteiger partial charge on any atom is 0.196 e. The van der Waals surface area contributed by atoms with Gasteiger partial charge in [-0.2, -0.15) is 0 Å². The van der Waals surface area contributed by atoms with Gasteiger partial charge in [-0.1, -0.05) is 52.0 Å². The highest BCUT2D eigenvalue weighted by Crippen LogP contribution is 2.37. The molecule has 0 saturated carbocycles. The number of fused-ring (bicyclic) bond motifs is 2. The molecule has 0 aliphatic heterocycles. The largest absolute Gasteiger partial charge is 0.396 e. The lowest BCUT2D eigenvalue weighted by molar-refractivity contribution is 0.0979. The van der Waals surface area contributed by atoms with Crippen LogP contribution in [0.15, 0.2) is 36.4 Å². The molecule has 0 bridgehead atoms. The van der Waals surface area contributed by atoms with Crippen molar-refractivity contribution in [3.05, 3.63) is 58.7 Å². The third-order valence-corrected chi connectivity index (χ3v) is 5.45. The van der Waals surface area contributed by atoms with E-state index in [0.29, 0.717) is 46.7 Å². The summed E-state index contributed by atoms with van der Waals surface area (Å²) in [6.45, 7) is 8.59. The normalized spacial score (nSPS) is 13.7. The van der Waals surface area contributed by atoms with Crippen LogP contribution in [-0.2, 0) is 0 Å². The van der Waals surface area contributed by atoms with E-state index >= 15 is 0 Å². The number of carbonyl (C=O) groups is 2. The molecular weight excluding hydrogens is 380 g/mol. The van der Waals surface area contributed by atoms with Gasteiger partial charge in [0.2, 0.25) is 0 Å². The fourth-order valence-electron chi connectivity index (χ4n) is 3.29. The van der Waals surface area contributed by atoms with Crippen LogP contribution >= 0.6 is 0 Å². The zero-order valence-corrected chi connectivity index (χ0v) is 18.0. The highest BCUT2D eigenvalue weighted by Gasteiger charge is 2.33. The fourth-order valence-corrected chi connectivity index (χ4v) is 3.29. The molecule has 0 radical (unpaired) electrons. The third-order valence-electron chi connectivity index (χ3n) is 5.45. The third kappa shape index (κ3) is 4.25. The van der Waals surface area contributed by atoms with Gasteiger partial charge >= 0.3 is 0 Å². The fraction of sp³-hybridized carbons (Fsp3) is 0.417. The van der Waals surface area contributed by atoms with Crippen LogP contribution in [0.1, 0.15) is 59.5 Å². The van der Waals surface area contributed by atoms with Crippen molar-refractivity contribution in [1.29, 1.82) is 0 Å². The Morgan fingerprint density at radius 3 is 1.83 bits per heavy atom. The Kier molecular flexibility index (Phi) is 6.01. The lowest BCUT2D eigenvalue weighted by atomic mass is 9.82. The average molecular weight is 411 g/mol. The van der Waals surface area contributed by atoms with Gasteiger partial charge in [0.1, 0.15) is 0 Å². The van der Waals surface area contributed by atoms with Gasteiger partial charge in [0.05, 0.1) is 16.9 Å². The maximum atomic E-state index is 13.4. The van der Waals surface area contributed by atoms with Crippen LogP contribution in [0, 0.1) is 10.8 Å². The first-order valence-electron chi connectivity index (χ1n) is 10.2. The smallest absolute Gasteiger partial charge is 0.196 e. The van der Waals surface area contributed by atoms with E-state index < -0.39 is 5.41 Å². The number of nitrogens with one attached hydrogen (secondary N) is 2. The molecule has 0 aromatic heterocycles. The summed E-state index contributed by atoms with van der Waals surface area (Å²) in [6, 6.07) is 10.3. The van der Waals surface area contributed by atoms with Gasteiger partial charge in [0, 0.05) is 53.8 Å². The topological polar surface area (TPSA) is 98.7 Å². The zero-order valence-electron chi connectivity index (χ0n) is 18.0. The molecule has 0 unspecified atom stereocenters. The van der Waals surface area contributed by atoms with E-state index in [9.17, 15) is 19.8 Å². The molecule has 2 aromatic carbocycles. The molecule has 6 nitrogen and oxygen atoms in total. The van der Waals surface area contributed by atoms with Crippen LogP contribution in [0.5, 0.6) is 0 Å². The van der Waals surface area contributed by atoms with Crippen molar-refractivity contribution in [2.45, 2.75) is 27.7 Å². The summed E-state index contributed by atoms with van der Waals surface area (Å²) in [5.41, 5.74) is 1.99. The highest BCUT2D eigenvalue weighted by atomic mass is 16.3. The van der Waals surface area contributed by atoms with Crippen molar-refractivity contribution in [2.24, 2.45) is 10.8 Å². The van der Waals surface area contributed by atoms with Gasteiger partial charge in [-0.05, 0) is 12.1 Å². The summed E-state index contributed by atoms with van der Waals surface area (Å²) in [5, 5.41) is 25.9. The molecule has 0 saturated heterocycles. The molecule has 0 amide bonds. The van der Waals surface area contributed by atoms with Crippen molar-refractivity contribution in [3.63, 3.8) is 0 Å². The Labute approximate surface area is 177 Å². The van der Waals surface area contributed by atoms with E-state index in [-0.39, 0.29) is 30.2 Å². The van der Waals surface area contributed by atoms with Gasteiger partial charge in [-0.25, -0.2) is 0 Å². The number of benzene rings is 2. The quantitative estimate of drug-likeness (QED) is 0.455. The number of hydrogen-bond donors (Lipinski definition) is 4. The van der Waals surface area contributed by atoms with E-state index in [0.717, 1.165) is 0 Å². The molecule has 0 heterocycles. The van der Waals surface area contributed by atoms with Gasteiger partial charge in [0.25, 0.3) is 0 Å². The second-order valence-corrected chi connectivity index (χ2v) is 9.47. The Morgan fingerprint density at radius 1 is 0.733 bits per heavy atom. The number of aliphatic hydroxyl groups is 2. The van der Waals surface area contributed by atoms with Crippen molar-refractivity contribution >= 4 is 22.9 Å². The van der Waals surface area contributed by atoms with E-state index in [4.69, 9.17) is 0 Å². The molecule has 1 aliphatic rings. The van der Waals surface area contributed by atoms with Crippen LogP contribution in [0.4, 0.5) is 11.4 Å². The predicted octanol–water partition coefficient (Wildman–Crippen LogP) is 3.32. The van der Waals surface area contributed by atoms with Gasteiger partial charge in [-0.15, -0.1) is 0 Å². The SMILES string of the molecule is CC(C)(CO)CNc1ccc2c(c1NCC(C)(C)CO)C(=O)c1ccccc1C2=O. The maximum absolute atomic E-state index is 13.4. The zero-order chi connectivity index (χ0) is 22.1. The standard InChI is InChI=1S/C24H30N2O4/c1-23(2,13-27)11-25-18-10-9-17-19(20(18)26-12-24(3,4)14-28)22(30)16-8-6-5-7-15(16)21(17)29/h5-10,25-28H,11-14H2,1-4H3. The Bertz CT molecular complexity index is 979. The second kappa shape index (κ2) is 8.20. The van der Waals surface area contributed by atoms with E-state index in [2.05, 4.69) is 10.6 Å². The van der Waals surface area contributed by atoms with Crippen molar-refractivity contribution in [3.8, 4) is 0 Å². The monoisotopic (exact) mass is 410 g/mol. The molecule has 1 aliphatic carbocycles. The average Bonchev–Trinajstić information content (AvgIpc) is 2.74. The van der Waals surface area contributed by atoms with Crippen molar-refractivity contribution in [1.82, 2.24) is 0 Å². The van der Waals surface area contributed by atoms with E-state index in [1.165, 1.54) is 0 Å². The van der Waals surface area contributed by atoms with Gasteiger partial charge in [0.15, 0.2) is 11.6 Å². The number of anilines is 2. The minimum absolute atomic E-state index is 0.00996.